The summed E-state index contributed by atoms with van der Waals surface area (Å²) in [7, 11) is 2.06. The predicted octanol–water partition coefficient (Wildman–Crippen LogP) is 4.66. The van der Waals surface area contributed by atoms with Crippen LogP contribution in [0.4, 0.5) is 11.4 Å². The molecule has 0 fully saturated rings. The number of fused-ring (bicyclic) bond motifs is 1. The third-order valence-corrected chi connectivity index (χ3v) is 5.78. The number of allylic oxidation sites excluding steroid dienone is 1. The first-order chi connectivity index (χ1) is 13.7. The Morgan fingerprint density at radius 2 is 1.76 bits per heavy atom. The molecule has 2 aromatic carbocycles. The summed E-state index contributed by atoms with van der Waals surface area (Å²) in [6, 6.07) is 11.6. The maximum absolute atomic E-state index is 11.9. The summed E-state index contributed by atoms with van der Waals surface area (Å²) in [5, 5.41) is 19.9. The zero-order chi connectivity index (χ0) is 21.3. The lowest BCUT2D eigenvalue weighted by atomic mass is 9.78. The van der Waals surface area contributed by atoms with E-state index in [1.807, 2.05) is 20.8 Å². The molecular formula is C24H29N2O3+. The van der Waals surface area contributed by atoms with Crippen LogP contribution in [0.25, 0.3) is 6.08 Å². The second kappa shape index (κ2) is 7.74. The number of nitrogens with zero attached hydrogens (tertiary/aromatic N) is 2. The standard InChI is InChI=1S/C24H28N2O3/c1-6-25(5)17-11-8-16(9-12-17)10-15-20-24(3,4)22-18(26(20)7-2)13-14-19(27)21(22)23(28)29/h8-15H,6-7H2,1-5H3,(H-,27,28,29)/p+1. The Bertz CT molecular complexity index is 1000. The van der Waals surface area contributed by atoms with E-state index in [0.717, 1.165) is 23.5 Å². The maximum Gasteiger partial charge on any atom is 0.340 e. The topological polar surface area (TPSA) is 63.8 Å². The SMILES string of the molecule is CCN(C)c1ccc(/C=C/C2=[N+](CC)c3ccc(O)c(C(=O)O)c3C2(C)C)cc1. The van der Waals surface area contributed by atoms with Crippen LogP contribution in [0.3, 0.4) is 0 Å². The molecule has 2 aromatic rings. The molecule has 0 radical (unpaired) electrons. The number of hydrogen-bond acceptors (Lipinski definition) is 3. The number of aromatic carboxylic acids is 1. The van der Waals surface area contributed by atoms with Gasteiger partial charge in [-0.25, -0.2) is 4.79 Å². The first-order valence-electron chi connectivity index (χ1n) is 9.96. The van der Waals surface area contributed by atoms with E-state index >= 15 is 0 Å². The van der Waals surface area contributed by atoms with Crippen LogP contribution in [0, 0.1) is 0 Å². The molecule has 0 atom stereocenters. The van der Waals surface area contributed by atoms with Crippen LogP contribution in [0.5, 0.6) is 5.75 Å². The van der Waals surface area contributed by atoms with Crippen LogP contribution in [-0.4, -0.2) is 46.6 Å². The fourth-order valence-corrected chi connectivity index (χ4v) is 4.09. The van der Waals surface area contributed by atoms with Crippen molar-refractivity contribution in [2.45, 2.75) is 33.1 Å². The Hall–Kier alpha value is -3.08. The van der Waals surface area contributed by atoms with Gasteiger partial charge in [0.25, 0.3) is 0 Å². The summed E-state index contributed by atoms with van der Waals surface area (Å²) >= 11 is 0. The second-order valence-corrected chi connectivity index (χ2v) is 7.85. The van der Waals surface area contributed by atoms with Crippen molar-refractivity contribution in [3.8, 4) is 5.75 Å². The highest BCUT2D eigenvalue weighted by Gasteiger charge is 2.47. The molecule has 0 spiro atoms. The Morgan fingerprint density at radius 3 is 2.31 bits per heavy atom. The van der Waals surface area contributed by atoms with Crippen molar-refractivity contribution in [2.24, 2.45) is 0 Å². The zero-order valence-electron chi connectivity index (χ0n) is 17.7. The molecule has 29 heavy (non-hydrogen) atoms. The molecule has 0 unspecified atom stereocenters. The highest BCUT2D eigenvalue weighted by Crippen LogP contribution is 2.44. The van der Waals surface area contributed by atoms with Crippen LogP contribution in [0.15, 0.2) is 42.5 Å². The quantitative estimate of drug-likeness (QED) is 0.701. The van der Waals surface area contributed by atoms with Gasteiger partial charge in [-0.05, 0) is 57.5 Å². The van der Waals surface area contributed by atoms with E-state index in [2.05, 4.69) is 59.9 Å². The normalized spacial score (nSPS) is 15.1. The third kappa shape index (κ3) is 3.53. The second-order valence-electron chi connectivity index (χ2n) is 7.85. The number of carboxylic acid groups (broad SMARTS) is 1. The molecule has 152 valence electrons. The number of phenols is 1. The highest BCUT2D eigenvalue weighted by molar-refractivity contribution is 6.08. The predicted molar refractivity (Wildman–Crippen MR) is 118 cm³/mol. The van der Waals surface area contributed by atoms with Gasteiger partial charge < -0.3 is 15.1 Å². The Labute approximate surface area is 172 Å². The molecule has 1 aliphatic rings. The van der Waals surface area contributed by atoms with Crippen molar-refractivity contribution in [1.29, 1.82) is 0 Å². The summed E-state index contributed by atoms with van der Waals surface area (Å²) in [6.07, 6.45) is 4.12. The van der Waals surface area contributed by atoms with Crippen molar-refractivity contribution >= 4 is 29.1 Å². The van der Waals surface area contributed by atoms with Gasteiger partial charge in [0.1, 0.15) is 17.9 Å². The molecular weight excluding hydrogens is 364 g/mol. The van der Waals surface area contributed by atoms with Crippen LogP contribution in [0.1, 0.15) is 49.2 Å². The number of carboxylic acids is 1. The fourth-order valence-electron chi connectivity index (χ4n) is 4.09. The Balaban J connectivity index is 2.04. The average Bonchev–Trinajstić information content (AvgIpc) is 2.91. The molecule has 0 aliphatic carbocycles. The number of anilines is 1. The number of aromatic hydroxyl groups is 1. The summed E-state index contributed by atoms with van der Waals surface area (Å²) in [6.45, 7) is 9.83. The van der Waals surface area contributed by atoms with E-state index in [-0.39, 0.29) is 11.3 Å². The van der Waals surface area contributed by atoms with Gasteiger partial charge in [-0.3, -0.25) is 0 Å². The first kappa shape index (κ1) is 20.6. The van der Waals surface area contributed by atoms with Gasteiger partial charge >= 0.3 is 5.97 Å². The lowest BCUT2D eigenvalue weighted by Crippen LogP contribution is -2.29. The van der Waals surface area contributed by atoms with Gasteiger partial charge in [-0.15, -0.1) is 0 Å². The summed E-state index contributed by atoms with van der Waals surface area (Å²) < 4.78 is 2.12. The fraction of sp³-hybridized carbons (Fsp3) is 0.333. The number of benzene rings is 2. The summed E-state index contributed by atoms with van der Waals surface area (Å²) in [4.78, 5) is 14.0. The third-order valence-electron chi connectivity index (χ3n) is 5.78. The molecule has 2 N–H and O–H groups in total. The van der Waals surface area contributed by atoms with Crippen molar-refractivity contribution in [3.05, 3.63) is 59.2 Å². The van der Waals surface area contributed by atoms with Crippen LogP contribution < -0.4 is 4.90 Å². The van der Waals surface area contributed by atoms with Crippen LogP contribution in [-0.2, 0) is 5.41 Å². The highest BCUT2D eigenvalue weighted by atomic mass is 16.4. The number of carbonyl (C=O) groups is 1. The lowest BCUT2D eigenvalue weighted by Gasteiger charge is -2.18. The van der Waals surface area contributed by atoms with Gasteiger partial charge in [0.05, 0.1) is 11.0 Å². The molecule has 1 aliphatic heterocycles. The molecule has 1 heterocycles. The van der Waals surface area contributed by atoms with Gasteiger partial charge in [0.15, 0.2) is 5.71 Å². The molecule has 5 nitrogen and oxygen atoms in total. The van der Waals surface area contributed by atoms with E-state index in [1.54, 1.807) is 6.07 Å². The minimum atomic E-state index is -1.11. The number of rotatable bonds is 6. The van der Waals surface area contributed by atoms with Gasteiger partial charge in [0.2, 0.25) is 5.69 Å². The minimum absolute atomic E-state index is 0.0127. The lowest BCUT2D eigenvalue weighted by molar-refractivity contribution is -0.433. The molecule has 5 heteroatoms. The number of hydrogen-bond donors (Lipinski definition) is 2. The average molecular weight is 394 g/mol. The summed E-state index contributed by atoms with van der Waals surface area (Å²) in [5.74, 6) is -1.30. The maximum atomic E-state index is 11.9. The van der Waals surface area contributed by atoms with E-state index in [4.69, 9.17) is 0 Å². The smallest absolute Gasteiger partial charge is 0.340 e. The van der Waals surface area contributed by atoms with Crippen LogP contribution >= 0.6 is 0 Å². The zero-order valence-corrected chi connectivity index (χ0v) is 17.7. The minimum Gasteiger partial charge on any atom is -0.507 e. The largest absolute Gasteiger partial charge is 0.507 e. The molecule has 0 saturated carbocycles. The molecule has 0 bridgehead atoms. The van der Waals surface area contributed by atoms with E-state index in [1.165, 1.54) is 11.8 Å². The molecule has 0 amide bonds. The van der Waals surface area contributed by atoms with Crippen molar-refractivity contribution in [2.75, 3.05) is 25.0 Å². The Morgan fingerprint density at radius 1 is 1.10 bits per heavy atom. The van der Waals surface area contributed by atoms with Gasteiger partial charge in [-0.2, -0.15) is 4.58 Å². The van der Waals surface area contributed by atoms with Crippen molar-refractivity contribution in [1.82, 2.24) is 0 Å². The first-order valence-corrected chi connectivity index (χ1v) is 9.96. The van der Waals surface area contributed by atoms with E-state index in [9.17, 15) is 15.0 Å². The van der Waals surface area contributed by atoms with Gasteiger partial charge in [-0.1, -0.05) is 12.1 Å². The monoisotopic (exact) mass is 393 g/mol. The van der Waals surface area contributed by atoms with Crippen LogP contribution in [0.2, 0.25) is 0 Å². The molecule has 0 saturated heterocycles. The summed E-state index contributed by atoms with van der Waals surface area (Å²) in [5.41, 5.74) is 4.20. The van der Waals surface area contributed by atoms with E-state index < -0.39 is 11.4 Å². The van der Waals surface area contributed by atoms with Gasteiger partial charge in [0, 0.05) is 31.4 Å². The van der Waals surface area contributed by atoms with E-state index in [0.29, 0.717) is 12.1 Å². The molecule has 3 rings (SSSR count). The Kier molecular flexibility index (Phi) is 5.51. The van der Waals surface area contributed by atoms with Crippen molar-refractivity contribution in [3.63, 3.8) is 0 Å². The molecule has 0 aromatic heterocycles. The van der Waals surface area contributed by atoms with Crippen molar-refractivity contribution < 1.29 is 19.6 Å².